The van der Waals surface area contributed by atoms with Gasteiger partial charge in [0.2, 0.25) is 5.91 Å². The molecule has 0 saturated carbocycles. The van der Waals surface area contributed by atoms with E-state index >= 15 is 0 Å². The van der Waals surface area contributed by atoms with Crippen LogP contribution < -0.4 is 14.8 Å². The Labute approximate surface area is 147 Å². The number of ether oxygens (including phenoxy) is 2. The SMILES string of the molecule is COc1ccc(OC[C@H](C)NC(=O)/C=C/c2ccccc2Cl)cc1. The molecule has 5 heteroatoms. The Morgan fingerprint density at radius 3 is 2.50 bits per heavy atom. The Hall–Kier alpha value is -2.46. The van der Waals surface area contributed by atoms with Crippen molar-refractivity contribution in [3.63, 3.8) is 0 Å². The largest absolute Gasteiger partial charge is 0.497 e. The highest BCUT2D eigenvalue weighted by Crippen LogP contribution is 2.17. The molecule has 2 aromatic rings. The van der Waals surface area contributed by atoms with Crippen LogP contribution in [-0.2, 0) is 4.79 Å². The van der Waals surface area contributed by atoms with Gasteiger partial charge in [-0.25, -0.2) is 0 Å². The first-order chi connectivity index (χ1) is 11.6. The molecule has 1 atom stereocenters. The van der Waals surface area contributed by atoms with Gasteiger partial charge in [0.05, 0.1) is 13.2 Å². The van der Waals surface area contributed by atoms with Crippen LogP contribution in [0.2, 0.25) is 5.02 Å². The second-order valence-electron chi connectivity index (χ2n) is 5.25. The van der Waals surface area contributed by atoms with E-state index in [0.29, 0.717) is 11.6 Å². The summed E-state index contributed by atoms with van der Waals surface area (Å²) in [5, 5.41) is 3.45. The molecule has 0 heterocycles. The molecule has 1 amide bonds. The maximum Gasteiger partial charge on any atom is 0.244 e. The zero-order valence-corrected chi connectivity index (χ0v) is 14.4. The molecule has 0 saturated heterocycles. The van der Waals surface area contributed by atoms with E-state index in [1.165, 1.54) is 6.08 Å². The third-order valence-electron chi connectivity index (χ3n) is 3.27. The summed E-state index contributed by atoms with van der Waals surface area (Å²) in [6.07, 6.45) is 3.15. The molecule has 126 valence electrons. The van der Waals surface area contributed by atoms with Crippen molar-refractivity contribution in [3.8, 4) is 11.5 Å². The minimum Gasteiger partial charge on any atom is -0.497 e. The van der Waals surface area contributed by atoms with Crippen molar-refractivity contribution in [1.82, 2.24) is 5.32 Å². The number of benzene rings is 2. The lowest BCUT2D eigenvalue weighted by molar-refractivity contribution is -0.117. The van der Waals surface area contributed by atoms with Crippen LogP contribution in [0.3, 0.4) is 0 Å². The topological polar surface area (TPSA) is 47.6 Å². The summed E-state index contributed by atoms with van der Waals surface area (Å²) in [4.78, 5) is 11.9. The first-order valence-electron chi connectivity index (χ1n) is 7.58. The van der Waals surface area contributed by atoms with Gasteiger partial charge in [-0.15, -0.1) is 0 Å². The molecule has 0 unspecified atom stereocenters. The number of rotatable bonds is 7. The van der Waals surface area contributed by atoms with E-state index in [9.17, 15) is 4.79 Å². The standard InChI is InChI=1S/C19H20ClNO3/c1-14(13-24-17-10-8-16(23-2)9-11-17)21-19(22)12-7-15-5-3-4-6-18(15)20/h3-12,14H,13H2,1-2H3,(H,21,22)/b12-7+/t14-/m0/s1. The van der Waals surface area contributed by atoms with Gasteiger partial charge in [0, 0.05) is 11.1 Å². The third-order valence-corrected chi connectivity index (χ3v) is 3.61. The predicted octanol–water partition coefficient (Wildman–Crippen LogP) is 3.95. The number of halogens is 1. The fourth-order valence-corrected chi connectivity index (χ4v) is 2.20. The highest BCUT2D eigenvalue weighted by molar-refractivity contribution is 6.32. The summed E-state index contributed by atoms with van der Waals surface area (Å²) < 4.78 is 10.7. The summed E-state index contributed by atoms with van der Waals surface area (Å²) in [6.45, 7) is 2.25. The van der Waals surface area contributed by atoms with E-state index in [1.54, 1.807) is 19.3 Å². The summed E-state index contributed by atoms with van der Waals surface area (Å²) in [6, 6.07) is 14.5. The van der Waals surface area contributed by atoms with Gasteiger partial charge < -0.3 is 14.8 Å². The molecule has 4 nitrogen and oxygen atoms in total. The first-order valence-corrected chi connectivity index (χ1v) is 7.96. The minimum atomic E-state index is -0.194. The Morgan fingerprint density at radius 1 is 1.17 bits per heavy atom. The molecule has 2 rings (SSSR count). The van der Waals surface area contributed by atoms with Crippen molar-refractivity contribution in [2.45, 2.75) is 13.0 Å². The Balaban J connectivity index is 1.79. The number of methoxy groups -OCH3 is 1. The van der Waals surface area contributed by atoms with Gasteiger partial charge in [0.15, 0.2) is 0 Å². The zero-order chi connectivity index (χ0) is 17.4. The first kappa shape index (κ1) is 17.9. The molecule has 0 aliphatic heterocycles. The lowest BCUT2D eigenvalue weighted by Gasteiger charge is -2.14. The van der Waals surface area contributed by atoms with Crippen LogP contribution >= 0.6 is 11.6 Å². The Morgan fingerprint density at radius 2 is 1.83 bits per heavy atom. The average molecular weight is 346 g/mol. The number of hydrogen-bond acceptors (Lipinski definition) is 3. The molecule has 0 aliphatic rings. The van der Waals surface area contributed by atoms with Crippen LogP contribution in [-0.4, -0.2) is 25.7 Å². The maximum atomic E-state index is 11.9. The Kier molecular flexibility index (Phi) is 6.70. The van der Waals surface area contributed by atoms with Crippen molar-refractivity contribution >= 4 is 23.6 Å². The van der Waals surface area contributed by atoms with Crippen LogP contribution in [0.5, 0.6) is 11.5 Å². The van der Waals surface area contributed by atoms with E-state index in [-0.39, 0.29) is 11.9 Å². The fraction of sp³-hybridized carbons (Fsp3) is 0.211. The van der Waals surface area contributed by atoms with E-state index in [4.69, 9.17) is 21.1 Å². The van der Waals surface area contributed by atoms with Crippen LogP contribution in [0, 0.1) is 0 Å². The molecule has 2 aromatic carbocycles. The van der Waals surface area contributed by atoms with E-state index in [2.05, 4.69) is 5.32 Å². The molecule has 0 spiro atoms. The second kappa shape index (κ2) is 8.99. The molecule has 24 heavy (non-hydrogen) atoms. The summed E-state index contributed by atoms with van der Waals surface area (Å²) in [5.41, 5.74) is 0.802. The summed E-state index contributed by atoms with van der Waals surface area (Å²) >= 11 is 6.04. The van der Waals surface area contributed by atoms with Gasteiger partial charge in [-0.1, -0.05) is 29.8 Å². The van der Waals surface area contributed by atoms with Crippen molar-refractivity contribution in [3.05, 3.63) is 65.2 Å². The molecule has 0 bridgehead atoms. The smallest absolute Gasteiger partial charge is 0.244 e. The molecular formula is C19H20ClNO3. The van der Waals surface area contributed by atoms with E-state index in [1.807, 2.05) is 49.4 Å². The highest BCUT2D eigenvalue weighted by atomic mass is 35.5. The molecule has 0 fully saturated rings. The highest BCUT2D eigenvalue weighted by Gasteiger charge is 2.06. The summed E-state index contributed by atoms with van der Waals surface area (Å²) in [7, 11) is 1.61. The monoisotopic (exact) mass is 345 g/mol. The number of nitrogens with one attached hydrogen (secondary N) is 1. The zero-order valence-electron chi connectivity index (χ0n) is 13.7. The molecule has 0 radical (unpaired) electrons. The van der Waals surface area contributed by atoms with Crippen LogP contribution in [0.1, 0.15) is 12.5 Å². The summed E-state index contributed by atoms with van der Waals surface area (Å²) in [5.74, 6) is 1.30. The minimum absolute atomic E-state index is 0.129. The number of amides is 1. The predicted molar refractivity (Wildman–Crippen MR) is 96.6 cm³/mol. The van der Waals surface area contributed by atoms with Crippen molar-refractivity contribution in [2.24, 2.45) is 0 Å². The third kappa shape index (κ3) is 5.63. The Bertz CT molecular complexity index is 698. The van der Waals surface area contributed by atoms with Crippen molar-refractivity contribution in [1.29, 1.82) is 0 Å². The normalized spacial score (nSPS) is 12.0. The number of carbonyl (C=O) groups is 1. The number of carbonyl (C=O) groups excluding carboxylic acids is 1. The van der Waals surface area contributed by atoms with Crippen LogP contribution in [0.4, 0.5) is 0 Å². The number of hydrogen-bond donors (Lipinski definition) is 1. The lowest BCUT2D eigenvalue weighted by Crippen LogP contribution is -2.35. The fourth-order valence-electron chi connectivity index (χ4n) is 2.00. The second-order valence-corrected chi connectivity index (χ2v) is 5.66. The lowest BCUT2D eigenvalue weighted by atomic mass is 10.2. The molecule has 1 N–H and O–H groups in total. The van der Waals surface area contributed by atoms with Gasteiger partial charge in [0.1, 0.15) is 18.1 Å². The van der Waals surface area contributed by atoms with E-state index < -0.39 is 0 Å². The van der Waals surface area contributed by atoms with E-state index in [0.717, 1.165) is 17.1 Å². The molecule has 0 aromatic heterocycles. The van der Waals surface area contributed by atoms with Gasteiger partial charge in [-0.3, -0.25) is 4.79 Å². The maximum absolute atomic E-state index is 11.9. The molecular weight excluding hydrogens is 326 g/mol. The van der Waals surface area contributed by atoms with Gasteiger partial charge in [-0.2, -0.15) is 0 Å². The van der Waals surface area contributed by atoms with Crippen molar-refractivity contribution in [2.75, 3.05) is 13.7 Å². The average Bonchev–Trinajstić information content (AvgIpc) is 2.59. The van der Waals surface area contributed by atoms with Crippen molar-refractivity contribution < 1.29 is 14.3 Å². The quantitative estimate of drug-likeness (QED) is 0.773. The molecule has 0 aliphatic carbocycles. The van der Waals surface area contributed by atoms with Gasteiger partial charge in [-0.05, 0) is 48.9 Å². The van der Waals surface area contributed by atoms with Gasteiger partial charge in [0.25, 0.3) is 0 Å². The van der Waals surface area contributed by atoms with Crippen LogP contribution in [0.15, 0.2) is 54.6 Å². The van der Waals surface area contributed by atoms with Crippen LogP contribution in [0.25, 0.3) is 6.08 Å². The van der Waals surface area contributed by atoms with Gasteiger partial charge >= 0.3 is 0 Å².